The zero-order valence-corrected chi connectivity index (χ0v) is 8.10. The summed E-state index contributed by atoms with van der Waals surface area (Å²) in [6.07, 6.45) is 0. The first-order valence-corrected chi connectivity index (χ1v) is 3.89. The van der Waals surface area contributed by atoms with Gasteiger partial charge in [0, 0.05) is 14.1 Å². The third kappa shape index (κ3) is 1.06. The number of hydrogen-bond acceptors (Lipinski definition) is 3. The summed E-state index contributed by atoms with van der Waals surface area (Å²) in [6.45, 7) is 1.69. The zero-order chi connectivity index (χ0) is 9.46. The molecule has 0 amide bonds. The summed E-state index contributed by atoms with van der Waals surface area (Å²) >= 11 is 4.97. The predicted molar refractivity (Wildman–Crippen MR) is 50.6 cm³/mol. The van der Waals surface area contributed by atoms with Crippen molar-refractivity contribution in [2.24, 2.45) is 14.1 Å². The van der Waals surface area contributed by atoms with Crippen molar-refractivity contribution in [3.05, 3.63) is 20.7 Å². The van der Waals surface area contributed by atoms with E-state index in [2.05, 4.69) is 0 Å². The molecule has 1 aromatic rings. The van der Waals surface area contributed by atoms with Crippen LogP contribution in [0.4, 0.5) is 5.82 Å². The number of nitrogen functional groups attached to an aromatic ring is 1. The highest BCUT2D eigenvalue weighted by Crippen LogP contribution is 2.03. The summed E-state index contributed by atoms with van der Waals surface area (Å²) in [6, 6.07) is 0. The first kappa shape index (κ1) is 8.99. The molecule has 5 heteroatoms. The second-order valence-corrected chi connectivity index (χ2v) is 3.08. The highest BCUT2D eigenvalue weighted by Gasteiger charge is 2.05. The van der Waals surface area contributed by atoms with Crippen LogP contribution < -0.4 is 11.3 Å². The Kier molecular flexibility index (Phi) is 2.06. The van der Waals surface area contributed by atoms with Gasteiger partial charge in [-0.2, -0.15) is 0 Å². The van der Waals surface area contributed by atoms with Crippen LogP contribution in [0.25, 0.3) is 0 Å². The van der Waals surface area contributed by atoms with Crippen molar-refractivity contribution in [1.82, 2.24) is 9.13 Å². The van der Waals surface area contributed by atoms with Crippen LogP contribution in [0.15, 0.2) is 4.79 Å². The van der Waals surface area contributed by atoms with Gasteiger partial charge in [0.1, 0.15) is 5.82 Å². The van der Waals surface area contributed by atoms with Crippen molar-refractivity contribution >= 4 is 18.0 Å². The van der Waals surface area contributed by atoms with Crippen LogP contribution in [-0.4, -0.2) is 9.13 Å². The van der Waals surface area contributed by atoms with Gasteiger partial charge in [-0.15, -0.1) is 0 Å². The molecule has 1 aromatic heterocycles. The maximum Gasteiger partial charge on any atom is 0.259 e. The van der Waals surface area contributed by atoms with Crippen molar-refractivity contribution in [3.8, 4) is 0 Å². The van der Waals surface area contributed by atoms with Gasteiger partial charge in [0.05, 0.1) is 5.56 Å². The van der Waals surface area contributed by atoms with E-state index in [1.807, 2.05) is 0 Å². The van der Waals surface area contributed by atoms with Gasteiger partial charge in [0.25, 0.3) is 5.56 Å². The van der Waals surface area contributed by atoms with Gasteiger partial charge < -0.3 is 10.3 Å². The number of anilines is 1. The lowest BCUT2D eigenvalue weighted by Gasteiger charge is -2.09. The van der Waals surface area contributed by atoms with Gasteiger partial charge in [-0.1, -0.05) is 0 Å². The fraction of sp³-hybridized carbons (Fsp3) is 0.429. The van der Waals surface area contributed by atoms with Crippen LogP contribution in [0.3, 0.4) is 0 Å². The van der Waals surface area contributed by atoms with E-state index in [1.165, 1.54) is 4.57 Å². The van der Waals surface area contributed by atoms with Crippen LogP contribution in [0.1, 0.15) is 5.56 Å². The Labute approximate surface area is 75.2 Å². The predicted octanol–water partition coefficient (Wildman–Crippen LogP) is 0.344. The molecule has 4 nitrogen and oxygen atoms in total. The SMILES string of the molecule is Cc1c(N)n(C)c(=S)n(C)c1=O. The van der Waals surface area contributed by atoms with Crippen molar-refractivity contribution in [3.63, 3.8) is 0 Å². The van der Waals surface area contributed by atoms with E-state index >= 15 is 0 Å². The Hall–Kier alpha value is -1.10. The molecule has 12 heavy (non-hydrogen) atoms. The van der Waals surface area contributed by atoms with E-state index in [1.54, 1.807) is 25.6 Å². The molecule has 1 rings (SSSR count). The third-order valence-electron chi connectivity index (χ3n) is 1.94. The minimum atomic E-state index is -0.129. The van der Waals surface area contributed by atoms with Crippen LogP contribution >= 0.6 is 12.2 Å². The molecule has 1 heterocycles. The molecule has 0 bridgehead atoms. The Balaban J connectivity index is 3.86. The standard InChI is InChI=1S/C7H11N3OS/c1-4-5(8)9(2)7(12)10(3)6(4)11/h8H2,1-3H3. The molecule has 66 valence electrons. The van der Waals surface area contributed by atoms with Gasteiger partial charge in [-0.05, 0) is 19.1 Å². The van der Waals surface area contributed by atoms with Crippen molar-refractivity contribution < 1.29 is 0 Å². The van der Waals surface area contributed by atoms with E-state index in [0.29, 0.717) is 16.2 Å². The highest BCUT2D eigenvalue weighted by molar-refractivity contribution is 7.71. The second kappa shape index (κ2) is 2.75. The fourth-order valence-corrected chi connectivity index (χ4v) is 1.21. The molecule has 0 aliphatic rings. The topological polar surface area (TPSA) is 52.9 Å². The van der Waals surface area contributed by atoms with Crippen molar-refractivity contribution in [2.75, 3.05) is 5.73 Å². The molecular weight excluding hydrogens is 174 g/mol. The number of nitrogens with zero attached hydrogens (tertiary/aromatic N) is 2. The van der Waals surface area contributed by atoms with Gasteiger partial charge in [-0.25, -0.2) is 0 Å². The average Bonchev–Trinajstić information content (AvgIpc) is 2.08. The molecular formula is C7H11N3OS. The highest BCUT2D eigenvalue weighted by atomic mass is 32.1. The maximum absolute atomic E-state index is 11.4. The van der Waals surface area contributed by atoms with E-state index in [4.69, 9.17) is 18.0 Å². The number of aromatic nitrogens is 2. The van der Waals surface area contributed by atoms with E-state index in [0.717, 1.165) is 0 Å². The van der Waals surface area contributed by atoms with Crippen molar-refractivity contribution in [2.45, 2.75) is 6.92 Å². The average molecular weight is 185 g/mol. The Morgan fingerprint density at radius 3 is 2.33 bits per heavy atom. The lowest BCUT2D eigenvalue weighted by Crippen LogP contribution is -2.26. The molecule has 2 N–H and O–H groups in total. The number of hydrogen-bond donors (Lipinski definition) is 1. The monoisotopic (exact) mass is 185 g/mol. The van der Waals surface area contributed by atoms with E-state index in [9.17, 15) is 4.79 Å². The minimum Gasteiger partial charge on any atom is -0.385 e. The molecule has 0 unspecified atom stereocenters. The van der Waals surface area contributed by atoms with Crippen molar-refractivity contribution in [1.29, 1.82) is 0 Å². The molecule has 0 fully saturated rings. The molecule has 0 aliphatic carbocycles. The van der Waals surface area contributed by atoms with Crippen LogP contribution in [0.2, 0.25) is 0 Å². The lowest BCUT2D eigenvalue weighted by molar-refractivity contribution is 0.717. The number of rotatable bonds is 0. The Morgan fingerprint density at radius 1 is 1.33 bits per heavy atom. The molecule has 0 aliphatic heterocycles. The smallest absolute Gasteiger partial charge is 0.259 e. The van der Waals surface area contributed by atoms with Gasteiger partial charge in [0.2, 0.25) is 0 Å². The molecule has 0 spiro atoms. The summed E-state index contributed by atoms with van der Waals surface area (Å²) in [5.41, 5.74) is 6.04. The fourth-order valence-electron chi connectivity index (χ4n) is 1.03. The first-order chi connectivity index (χ1) is 5.46. The third-order valence-corrected chi connectivity index (χ3v) is 2.49. The maximum atomic E-state index is 11.4. The lowest BCUT2D eigenvalue weighted by atomic mass is 10.3. The normalized spacial score (nSPS) is 10.2. The summed E-state index contributed by atoms with van der Waals surface area (Å²) in [7, 11) is 3.38. The molecule has 0 radical (unpaired) electrons. The van der Waals surface area contributed by atoms with Gasteiger partial charge in [0.15, 0.2) is 4.77 Å². The van der Waals surface area contributed by atoms with E-state index in [-0.39, 0.29) is 5.56 Å². The Bertz CT molecular complexity index is 392. The largest absolute Gasteiger partial charge is 0.385 e. The Morgan fingerprint density at radius 2 is 1.83 bits per heavy atom. The van der Waals surface area contributed by atoms with Crippen LogP contribution in [0.5, 0.6) is 0 Å². The second-order valence-electron chi connectivity index (χ2n) is 2.72. The molecule has 0 saturated carbocycles. The number of nitrogens with two attached hydrogens (primary N) is 1. The summed E-state index contributed by atoms with van der Waals surface area (Å²) in [5.74, 6) is 0.433. The van der Waals surface area contributed by atoms with E-state index < -0.39 is 0 Å². The minimum absolute atomic E-state index is 0.129. The van der Waals surface area contributed by atoms with Gasteiger partial charge >= 0.3 is 0 Å². The molecule has 0 atom stereocenters. The summed E-state index contributed by atoms with van der Waals surface area (Å²) < 4.78 is 3.45. The first-order valence-electron chi connectivity index (χ1n) is 3.49. The van der Waals surface area contributed by atoms with Crippen LogP contribution in [0, 0.1) is 11.7 Å². The molecule has 0 aromatic carbocycles. The van der Waals surface area contributed by atoms with Crippen LogP contribution in [-0.2, 0) is 14.1 Å². The quantitative estimate of drug-likeness (QED) is 0.593. The molecule has 0 saturated heterocycles. The zero-order valence-electron chi connectivity index (χ0n) is 7.29. The summed E-state index contributed by atoms with van der Waals surface area (Å²) in [4.78, 5) is 11.4. The van der Waals surface area contributed by atoms with Gasteiger partial charge in [-0.3, -0.25) is 9.36 Å². The summed E-state index contributed by atoms with van der Waals surface area (Å²) in [5, 5.41) is 0.